The molecule has 7 nitrogen and oxygen atoms in total. The van der Waals surface area contributed by atoms with Crippen LogP contribution in [0.15, 0.2) is 61.2 Å². The molecule has 0 bridgehead atoms. The molecule has 1 N–H and O–H groups in total. The molecule has 1 unspecified atom stereocenters. The lowest BCUT2D eigenvalue weighted by Crippen LogP contribution is -2.47. The van der Waals surface area contributed by atoms with Crippen molar-refractivity contribution in [2.45, 2.75) is 18.6 Å². The van der Waals surface area contributed by atoms with Gasteiger partial charge < -0.3 is 5.11 Å². The topological polar surface area (TPSA) is 88.3 Å². The number of halogens is 2. The maximum Gasteiger partial charge on any atom is 0.211 e. The van der Waals surface area contributed by atoms with Crippen LogP contribution in [0, 0.1) is 0 Å². The molecule has 0 spiro atoms. The first-order valence-corrected chi connectivity index (χ1v) is 11.8. The number of rotatable bonds is 9. The van der Waals surface area contributed by atoms with Gasteiger partial charge in [0.15, 0.2) is 0 Å². The molecular weight excluding hydrogens is 447 g/mol. The van der Waals surface area contributed by atoms with E-state index in [4.69, 9.17) is 23.2 Å². The summed E-state index contributed by atoms with van der Waals surface area (Å²) in [7, 11) is -3.62. The summed E-state index contributed by atoms with van der Waals surface area (Å²) in [4.78, 5) is 3.90. The van der Waals surface area contributed by atoms with E-state index in [2.05, 4.69) is 10.1 Å². The van der Waals surface area contributed by atoms with Crippen LogP contribution in [-0.2, 0) is 28.6 Å². The Labute approximate surface area is 185 Å². The standard InChI is InChI=1S/C20H22Cl2N4O3S/c1-30(28,29)26(10-9-16-5-3-2-4-6-16)13-20(27,12-25-15-23-14-24-25)18-8-7-17(21)11-19(18)22/h2-8,11,14-15,27H,9-10,12-13H2,1H3. The highest BCUT2D eigenvalue weighted by Gasteiger charge is 2.37. The van der Waals surface area contributed by atoms with Crippen molar-refractivity contribution in [3.05, 3.63) is 82.4 Å². The van der Waals surface area contributed by atoms with Crippen LogP contribution >= 0.6 is 23.2 Å². The van der Waals surface area contributed by atoms with E-state index < -0.39 is 15.6 Å². The van der Waals surface area contributed by atoms with Gasteiger partial charge in [0.2, 0.25) is 10.0 Å². The third kappa shape index (κ3) is 5.80. The Balaban J connectivity index is 1.94. The summed E-state index contributed by atoms with van der Waals surface area (Å²) in [5.41, 5.74) is -0.303. The smallest absolute Gasteiger partial charge is 0.211 e. The SMILES string of the molecule is CS(=O)(=O)N(CCc1ccccc1)CC(O)(Cn1cncn1)c1ccc(Cl)cc1Cl. The molecule has 0 aliphatic rings. The van der Waals surface area contributed by atoms with Crippen molar-refractivity contribution >= 4 is 33.2 Å². The predicted octanol–water partition coefficient (Wildman–Crippen LogP) is 2.98. The monoisotopic (exact) mass is 468 g/mol. The van der Waals surface area contributed by atoms with Gasteiger partial charge in [0.1, 0.15) is 18.3 Å². The second-order valence-corrected chi connectivity index (χ2v) is 9.91. The fourth-order valence-corrected chi connectivity index (χ4v) is 4.68. The minimum absolute atomic E-state index is 0.0360. The third-order valence-corrected chi connectivity index (χ3v) is 6.52. The number of hydrogen-bond donors (Lipinski definition) is 1. The van der Waals surface area contributed by atoms with Crippen molar-refractivity contribution in [2.24, 2.45) is 0 Å². The van der Waals surface area contributed by atoms with Gasteiger partial charge in [-0.2, -0.15) is 9.40 Å². The molecule has 0 aliphatic heterocycles. The Kier molecular flexibility index (Phi) is 7.15. The zero-order valence-corrected chi connectivity index (χ0v) is 18.6. The first-order chi connectivity index (χ1) is 14.2. The lowest BCUT2D eigenvalue weighted by atomic mass is 9.93. The van der Waals surface area contributed by atoms with Gasteiger partial charge in [-0.05, 0) is 24.1 Å². The number of aromatic nitrogens is 3. The average Bonchev–Trinajstić information content (AvgIpc) is 3.17. The quantitative estimate of drug-likeness (QED) is 0.521. The van der Waals surface area contributed by atoms with Gasteiger partial charge in [0, 0.05) is 28.7 Å². The molecule has 3 aromatic rings. The zero-order chi connectivity index (χ0) is 21.8. The number of sulfonamides is 1. The van der Waals surface area contributed by atoms with Crippen molar-refractivity contribution in [1.29, 1.82) is 0 Å². The molecule has 1 atom stereocenters. The van der Waals surface area contributed by atoms with E-state index in [9.17, 15) is 13.5 Å². The molecule has 0 fully saturated rings. The Bertz CT molecular complexity index is 1080. The minimum Gasteiger partial charge on any atom is -0.382 e. The van der Waals surface area contributed by atoms with Crippen LogP contribution in [0.2, 0.25) is 10.0 Å². The third-order valence-electron chi connectivity index (χ3n) is 4.72. The van der Waals surface area contributed by atoms with Gasteiger partial charge in [-0.3, -0.25) is 0 Å². The van der Waals surface area contributed by atoms with E-state index in [-0.39, 0.29) is 24.7 Å². The first-order valence-electron chi connectivity index (χ1n) is 9.17. The fraction of sp³-hybridized carbons (Fsp3) is 0.300. The molecule has 0 amide bonds. The van der Waals surface area contributed by atoms with E-state index in [1.807, 2.05) is 30.3 Å². The summed E-state index contributed by atoms with van der Waals surface area (Å²) in [6, 6.07) is 14.3. The van der Waals surface area contributed by atoms with Crippen molar-refractivity contribution in [2.75, 3.05) is 19.3 Å². The van der Waals surface area contributed by atoms with E-state index in [0.29, 0.717) is 17.0 Å². The van der Waals surface area contributed by atoms with Crippen molar-refractivity contribution in [1.82, 2.24) is 19.1 Å². The summed E-state index contributed by atoms with van der Waals surface area (Å²) in [5.74, 6) is 0. The molecule has 0 radical (unpaired) electrons. The second kappa shape index (κ2) is 9.45. The summed E-state index contributed by atoms with van der Waals surface area (Å²) >= 11 is 12.4. The minimum atomic E-state index is -3.62. The van der Waals surface area contributed by atoms with E-state index in [0.717, 1.165) is 11.8 Å². The number of hydrogen-bond acceptors (Lipinski definition) is 5. The molecule has 30 heavy (non-hydrogen) atoms. The van der Waals surface area contributed by atoms with Crippen LogP contribution in [0.1, 0.15) is 11.1 Å². The van der Waals surface area contributed by atoms with Crippen LogP contribution < -0.4 is 0 Å². The molecule has 3 rings (SSSR count). The molecule has 10 heteroatoms. The van der Waals surface area contributed by atoms with Gasteiger partial charge in [-0.1, -0.05) is 59.6 Å². The van der Waals surface area contributed by atoms with Gasteiger partial charge in [-0.25, -0.2) is 18.1 Å². The molecular formula is C20H22Cl2N4O3S. The maximum atomic E-state index is 12.5. The van der Waals surface area contributed by atoms with Crippen molar-refractivity contribution < 1.29 is 13.5 Å². The van der Waals surface area contributed by atoms with Crippen molar-refractivity contribution in [3.63, 3.8) is 0 Å². The van der Waals surface area contributed by atoms with E-state index in [1.165, 1.54) is 27.7 Å². The molecule has 0 aliphatic carbocycles. The van der Waals surface area contributed by atoms with Crippen LogP contribution in [0.5, 0.6) is 0 Å². The second-order valence-electron chi connectivity index (χ2n) is 7.08. The summed E-state index contributed by atoms with van der Waals surface area (Å²) in [6.07, 6.45) is 4.41. The largest absolute Gasteiger partial charge is 0.382 e. The Hall–Kier alpha value is -1.97. The van der Waals surface area contributed by atoms with Crippen LogP contribution in [-0.4, -0.2) is 51.9 Å². The van der Waals surface area contributed by atoms with Crippen LogP contribution in [0.25, 0.3) is 0 Å². The fourth-order valence-electron chi connectivity index (χ4n) is 3.22. The van der Waals surface area contributed by atoms with Gasteiger partial charge in [0.05, 0.1) is 12.8 Å². The average molecular weight is 469 g/mol. The highest BCUT2D eigenvalue weighted by atomic mass is 35.5. The number of nitrogens with zero attached hydrogens (tertiary/aromatic N) is 4. The Morgan fingerprint density at radius 3 is 2.50 bits per heavy atom. The molecule has 160 valence electrons. The van der Waals surface area contributed by atoms with Crippen LogP contribution in [0.3, 0.4) is 0 Å². The van der Waals surface area contributed by atoms with E-state index >= 15 is 0 Å². The predicted molar refractivity (Wildman–Crippen MR) is 117 cm³/mol. The molecule has 2 aromatic carbocycles. The maximum absolute atomic E-state index is 12.5. The van der Waals surface area contributed by atoms with Gasteiger partial charge in [-0.15, -0.1) is 0 Å². The zero-order valence-electron chi connectivity index (χ0n) is 16.3. The normalized spacial score (nSPS) is 14.0. The van der Waals surface area contributed by atoms with E-state index in [1.54, 1.807) is 12.1 Å². The Morgan fingerprint density at radius 1 is 1.17 bits per heavy atom. The highest BCUT2D eigenvalue weighted by Crippen LogP contribution is 2.33. The summed E-state index contributed by atoms with van der Waals surface area (Å²) in [5, 5.41) is 16.3. The Morgan fingerprint density at radius 2 is 1.90 bits per heavy atom. The summed E-state index contributed by atoms with van der Waals surface area (Å²) < 4.78 is 27.7. The lowest BCUT2D eigenvalue weighted by Gasteiger charge is -2.34. The molecule has 0 saturated heterocycles. The number of benzene rings is 2. The van der Waals surface area contributed by atoms with Gasteiger partial charge in [0.25, 0.3) is 0 Å². The summed E-state index contributed by atoms with van der Waals surface area (Å²) in [6.45, 7) is -0.0423. The molecule has 1 heterocycles. The van der Waals surface area contributed by atoms with Crippen LogP contribution in [0.4, 0.5) is 0 Å². The number of aliphatic hydroxyl groups is 1. The highest BCUT2D eigenvalue weighted by molar-refractivity contribution is 7.88. The first kappa shape index (κ1) is 22.7. The molecule has 0 saturated carbocycles. The molecule has 1 aromatic heterocycles. The van der Waals surface area contributed by atoms with Crippen molar-refractivity contribution in [3.8, 4) is 0 Å². The van der Waals surface area contributed by atoms with Gasteiger partial charge >= 0.3 is 0 Å². The lowest BCUT2D eigenvalue weighted by molar-refractivity contribution is -0.00120.